The monoisotopic (exact) mass is 389 g/mol. The lowest BCUT2D eigenvalue weighted by atomic mass is 10.1. The van der Waals surface area contributed by atoms with Gasteiger partial charge in [0.2, 0.25) is 0 Å². The van der Waals surface area contributed by atoms with Crippen LogP contribution in [0.4, 0.5) is 11.4 Å². The lowest BCUT2D eigenvalue weighted by Crippen LogP contribution is -2.13. The van der Waals surface area contributed by atoms with Crippen LogP contribution in [-0.4, -0.2) is 15.9 Å². The predicted octanol–water partition coefficient (Wildman–Crippen LogP) is 4.41. The molecule has 0 atom stereocenters. The number of anilines is 1. The van der Waals surface area contributed by atoms with E-state index < -0.39 is 10.8 Å². The average Bonchev–Trinajstić information content (AvgIpc) is 3.16. The van der Waals surface area contributed by atoms with Gasteiger partial charge in [-0.2, -0.15) is 5.26 Å². The van der Waals surface area contributed by atoms with Crippen LogP contribution in [0.2, 0.25) is 0 Å². The van der Waals surface area contributed by atoms with Crippen LogP contribution < -0.4 is 5.32 Å². The molecule has 0 aliphatic heterocycles. The standard InChI is InChI=1S/C21H15N3O5/c1-13-2-5-16(24(27)28)11-19(13)20-9-8-18(29-20)10-14(12-22)21(26)23-15-3-6-17(25)7-4-15/h2-11,25H,1H3,(H,23,26)/b14-10+. The maximum absolute atomic E-state index is 12.3. The van der Waals surface area contributed by atoms with Crippen LogP contribution in [0.25, 0.3) is 17.4 Å². The third kappa shape index (κ3) is 4.48. The van der Waals surface area contributed by atoms with Crippen LogP contribution in [0, 0.1) is 28.4 Å². The molecule has 1 amide bonds. The Kier molecular flexibility index (Phi) is 5.42. The van der Waals surface area contributed by atoms with Crippen molar-refractivity contribution in [3.05, 3.63) is 81.6 Å². The maximum atomic E-state index is 12.3. The number of hydrogen-bond donors (Lipinski definition) is 2. The molecule has 8 heteroatoms. The number of phenols is 1. The normalized spacial score (nSPS) is 11.0. The first-order chi connectivity index (χ1) is 13.9. The molecule has 29 heavy (non-hydrogen) atoms. The number of carbonyl (C=O) groups excluding carboxylic acids is 1. The Morgan fingerprint density at radius 2 is 1.93 bits per heavy atom. The Balaban J connectivity index is 1.85. The van der Waals surface area contributed by atoms with Crippen LogP contribution in [0.5, 0.6) is 5.75 Å². The average molecular weight is 389 g/mol. The predicted molar refractivity (Wildman–Crippen MR) is 106 cm³/mol. The van der Waals surface area contributed by atoms with Crippen molar-refractivity contribution in [3.63, 3.8) is 0 Å². The Bertz CT molecular complexity index is 1150. The molecule has 1 aromatic heterocycles. The van der Waals surface area contributed by atoms with Gasteiger partial charge >= 0.3 is 0 Å². The number of furan rings is 1. The molecule has 0 aliphatic carbocycles. The van der Waals surface area contributed by atoms with E-state index in [1.807, 2.05) is 6.07 Å². The molecular formula is C21H15N3O5. The van der Waals surface area contributed by atoms with Crippen molar-refractivity contribution in [1.29, 1.82) is 5.26 Å². The number of nitriles is 1. The minimum Gasteiger partial charge on any atom is -0.508 e. The molecule has 8 nitrogen and oxygen atoms in total. The van der Waals surface area contributed by atoms with Gasteiger partial charge in [-0.1, -0.05) is 6.07 Å². The van der Waals surface area contributed by atoms with Crippen LogP contribution in [0.15, 0.2) is 64.6 Å². The number of rotatable bonds is 5. The number of non-ortho nitro benzene ring substituents is 1. The lowest BCUT2D eigenvalue weighted by molar-refractivity contribution is -0.384. The minimum atomic E-state index is -0.636. The van der Waals surface area contributed by atoms with Gasteiger partial charge in [-0.3, -0.25) is 14.9 Å². The summed E-state index contributed by atoms with van der Waals surface area (Å²) in [5, 5.41) is 32.1. The summed E-state index contributed by atoms with van der Waals surface area (Å²) in [5.74, 6) is 0.0540. The second-order valence-electron chi connectivity index (χ2n) is 6.13. The van der Waals surface area contributed by atoms with E-state index in [2.05, 4.69) is 5.32 Å². The molecule has 3 aromatic rings. The molecule has 2 N–H and O–H groups in total. The summed E-state index contributed by atoms with van der Waals surface area (Å²) in [4.78, 5) is 22.8. The highest BCUT2D eigenvalue weighted by molar-refractivity contribution is 6.09. The van der Waals surface area contributed by atoms with Crippen molar-refractivity contribution in [1.82, 2.24) is 0 Å². The van der Waals surface area contributed by atoms with Crippen molar-refractivity contribution in [2.75, 3.05) is 5.32 Å². The highest BCUT2D eigenvalue weighted by atomic mass is 16.6. The molecule has 0 fully saturated rings. The summed E-state index contributed by atoms with van der Waals surface area (Å²) in [6.45, 7) is 1.79. The molecule has 0 aliphatic rings. The first kappa shape index (κ1) is 19.4. The van der Waals surface area contributed by atoms with E-state index in [-0.39, 0.29) is 22.8 Å². The summed E-state index contributed by atoms with van der Waals surface area (Å²) in [5.41, 5.74) is 1.50. The van der Waals surface area contributed by atoms with Crippen LogP contribution >= 0.6 is 0 Å². The van der Waals surface area contributed by atoms with Gasteiger partial charge in [0.1, 0.15) is 28.9 Å². The van der Waals surface area contributed by atoms with Crippen LogP contribution in [0.1, 0.15) is 11.3 Å². The van der Waals surface area contributed by atoms with Gasteiger partial charge < -0.3 is 14.8 Å². The Morgan fingerprint density at radius 1 is 1.21 bits per heavy atom. The molecule has 3 rings (SSSR count). The number of hydrogen-bond acceptors (Lipinski definition) is 6. The number of aryl methyl sites for hydroxylation is 1. The molecule has 144 valence electrons. The summed E-state index contributed by atoms with van der Waals surface area (Å²) in [6.07, 6.45) is 1.28. The van der Waals surface area contributed by atoms with Gasteiger partial charge in [-0.15, -0.1) is 0 Å². The second-order valence-corrected chi connectivity index (χ2v) is 6.13. The van der Waals surface area contributed by atoms with Crippen molar-refractivity contribution < 1.29 is 19.2 Å². The van der Waals surface area contributed by atoms with E-state index in [1.54, 1.807) is 25.1 Å². The number of benzene rings is 2. The zero-order valence-electron chi connectivity index (χ0n) is 15.2. The number of nitrogens with zero attached hydrogens (tertiary/aromatic N) is 2. The number of phenolic OH excluding ortho intramolecular Hbond substituents is 1. The van der Waals surface area contributed by atoms with Gasteiger partial charge in [0.15, 0.2) is 0 Å². The van der Waals surface area contributed by atoms with E-state index in [4.69, 9.17) is 4.42 Å². The summed E-state index contributed by atoms with van der Waals surface area (Å²) >= 11 is 0. The number of nitrogens with one attached hydrogen (secondary N) is 1. The zero-order valence-corrected chi connectivity index (χ0v) is 15.2. The fourth-order valence-corrected chi connectivity index (χ4v) is 2.60. The Hall–Kier alpha value is -4.38. The number of nitro groups is 1. The molecule has 0 radical (unpaired) electrons. The molecule has 0 bridgehead atoms. The minimum absolute atomic E-state index is 0.0543. The largest absolute Gasteiger partial charge is 0.508 e. The molecule has 0 saturated carbocycles. The molecule has 0 spiro atoms. The van der Waals surface area contributed by atoms with Gasteiger partial charge in [0, 0.05) is 29.5 Å². The van der Waals surface area contributed by atoms with E-state index in [0.717, 1.165) is 5.56 Å². The highest BCUT2D eigenvalue weighted by Crippen LogP contribution is 2.29. The topological polar surface area (TPSA) is 129 Å². The smallest absolute Gasteiger partial charge is 0.270 e. The summed E-state index contributed by atoms with van der Waals surface area (Å²) < 4.78 is 5.67. The van der Waals surface area contributed by atoms with Crippen LogP contribution in [-0.2, 0) is 4.79 Å². The van der Waals surface area contributed by atoms with Gasteiger partial charge in [0.05, 0.1) is 4.92 Å². The molecule has 2 aromatic carbocycles. The molecule has 1 heterocycles. The number of nitro benzene ring substituents is 1. The van der Waals surface area contributed by atoms with Crippen molar-refractivity contribution in [2.45, 2.75) is 6.92 Å². The van der Waals surface area contributed by atoms with E-state index in [0.29, 0.717) is 17.0 Å². The second kappa shape index (κ2) is 8.10. The highest BCUT2D eigenvalue weighted by Gasteiger charge is 2.15. The fourth-order valence-electron chi connectivity index (χ4n) is 2.60. The third-order valence-corrected chi connectivity index (χ3v) is 4.10. The van der Waals surface area contributed by atoms with E-state index >= 15 is 0 Å². The Morgan fingerprint density at radius 3 is 2.59 bits per heavy atom. The number of amides is 1. The van der Waals surface area contributed by atoms with E-state index in [1.165, 1.54) is 42.5 Å². The quantitative estimate of drug-likeness (QED) is 0.218. The van der Waals surface area contributed by atoms with Crippen molar-refractivity contribution in [3.8, 4) is 23.1 Å². The fraction of sp³-hybridized carbons (Fsp3) is 0.0476. The molecule has 0 unspecified atom stereocenters. The van der Waals surface area contributed by atoms with Gasteiger partial charge in [0.25, 0.3) is 11.6 Å². The number of aromatic hydroxyl groups is 1. The van der Waals surface area contributed by atoms with Gasteiger partial charge in [-0.25, -0.2) is 0 Å². The summed E-state index contributed by atoms with van der Waals surface area (Å²) in [7, 11) is 0. The number of carbonyl (C=O) groups is 1. The molecular weight excluding hydrogens is 374 g/mol. The Labute approximate surface area is 165 Å². The van der Waals surface area contributed by atoms with Crippen LogP contribution in [0.3, 0.4) is 0 Å². The maximum Gasteiger partial charge on any atom is 0.270 e. The first-order valence-corrected chi connectivity index (χ1v) is 8.45. The zero-order chi connectivity index (χ0) is 21.0. The molecule has 0 saturated heterocycles. The van der Waals surface area contributed by atoms with E-state index in [9.17, 15) is 25.3 Å². The summed E-state index contributed by atoms with van der Waals surface area (Å²) in [6, 6.07) is 15.3. The van der Waals surface area contributed by atoms with Gasteiger partial charge in [-0.05, 0) is 48.9 Å². The van der Waals surface area contributed by atoms with Crippen molar-refractivity contribution in [2.24, 2.45) is 0 Å². The lowest BCUT2D eigenvalue weighted by Gasteiger charge is -2.04. The van der Waals surface area contributed by atoms with Crippen molar-refractivity contribution >= 4 is 23.4 Å². The third-order valence-electron chi connectivity index (χ3n) is 4.10. The SMILES string of the molecule is Cc1ccc([N+](=O)[O-])cc1-c1ccc(/C=C(\C#N)C(=O)Nc2ccc(O)cc2)o1. The first-order valence-electron chi connectivity index (χ1n) is 8.45.